The van der Waals surface area contributed by atoms with Gasteiger partial charge in [-0.1, -0.05) is 0 Å². The first-order valence-corrected chi connectivity index (χ1v) is 1.86. The van der Waals surface area contributed by atoms with Crippen molar-refractivity contribution in [3.8, 4) is 0 Å². The van der Waals surface area contributed by atoms with E-state index in [1.807, 2.05) is 0 Å². The van der Waals surface area contributed by atoms with Crippen molar-refractivity contribution in [1.82, 2.24) is 0 Å². The van der Waals surface area contributed by atoms with Crippen molar-refractivity contribution in [2.24, 2.45) is 5.73 Å². The number of nitrogens with two attached hydrogens (primary N) is 1. The number of rotatable bonds is 0. The summed E-state index contributed by atoms with van der Waals surface area (Å²) in [7, 11) is 0. The van der Waals surface area contributed by atoms with E-state index in [4.69, 9.17) is 11.1 Å². The van der Waals surface area contributed by atoms with Gasteiger partial charge in [0.1, 0.15) is 0 Å². The normalized spacial score (nSPS) is 6.00. The Kier molecular flexibility index (Phi) is 1.60. The molecule has 0 aliphatic heterocycles. The summed E-state index contributed by atoms with van der Waals surface area (Å²) < 4.78 is 0.217. The van der Waals surface area contributed by atoms with Gasteiger partial charge in [-0.25, -0.2) is 0 Å². The molecule has 2 nitrogen and oxygen atoms in total. The molecule has 0 saturated carbocycles. The van der Waals surface area contributed by atoms with Gasteiger partial charge in [0.25, 0.3) is 0 Å². The Morgan fingerprint density at radius 3 is 2.00 bits per heavy atom. The van der Waals surface area contributed by atoms with Gasteiger partial charge in [0.15, 0.2) is 0 Å². The molecule has 0 saturated heterocycles. The van der Waals surface area contributed by atoms with Crippen LogP contribution in [0, 0.1) is 5.41 Å². The Labute approximate surface area is 36.8 Å². The topological polar surface area (TPSA) is 49.9 Å². The molecule has 0 spiro atoms. The van der Waals surface area contributed by atoms with Gasteiger partial charge >= 0.3 is 36.3 Å². The molecule has 0 aliphatic rings. The molecule has 0 aromatic carbocycles. The van der Waals surface area contributed by atoms with Gasteiger partial charge in [0.2, 0.25) is 0 Å². The van der Waals surface area contributed by atoms with Crippen LogP contribution in [-0.2, 0) is 21.1 Å². The fourth-order valence-electron chi connectivity index (χ4n) is 0. The quantitative estimate of drug-likeness (QED) is 0.261. The third kappa shape index (κ3) is 73.2. The van der Waals surface area contributed by atoms with E-state index in [0.717, 1.165) is 0 Å². The van der Waals surface area contributed by atoms with E-state index in [-0.39, 0.29) is 4.05 Å². The van der Waals surface area contributed by atoms with Gasteiger partial charge in [-0.3, -0.25) is 0 Å². The molecule has 0 fully saturated rings. The zero-order valence-corrected chi connectivity index (χ0v) is 4.22. The average Bonchev–Trinajstić information content (AvgIpc) is 0.811. The summed E-state index contributed by atoms with van der Waals surface area (Å²) in [5.41, 5.74) is 4.72. The monoisotopic (exact) mass is 136 g/mol. The predicted molar refractivity (Wildman–Crippen MR) is 11.9 cm³/mol. The van der Waals surface area contributed by atoms with Crippen LogP contribution in [0.4, 0.5) is 0 Å². The van der Waals surface area contributed by atoms with Gasteiger partial charge in [0, 0.05) is 0 Å². The first-order chi connectivity index (χ1) is 1.73. The third-order valence-electron chi connectivity index (χ3n) is 0. The fourth-order valence-corrected chi connectivity index (χ4v) is 0. The Balaban J connectivity index is 2.80. The van der Waals surface area contributed by atoms with Crippen LogP contribution in [0.3, 0.4) is 0 Å². The van der Waals surface area contributed by atoms with E-state index in [1.54, 1.807) is 0 Å². The molecular weight excluding hydrogens is 133 g/mol. The molecule has 0 aromatic rings. The molecule has 0 aliphatic carbocycles. The number of amidine groups is 1. The predicted octanol–water partition coefficient (Wildman–Crippen LogP) is -0.573. The van der Waals surface area contributed by atoms with E-state index >= 15 is 0 Å². The minimum absolute atomic E-state index is 0.217. The second-order valence-corrected chi connectivity index (χ2v) is 1.57. The third-order valence-corrected chi connectivity index (χ3v) is 0. The summed E-state index contributed by atoms with van der Waals surface area (Å²) in [4.78, 5) is 0. The van der Waals surface area contributed by atoms with Crippen molar-refractivity contribution in [3.63, 3.8) is 0 Å². The van der Waals surface area contributed by atoms with Crippen LogP contribution in [0.15, 0.2) is 0 Å². The molecule has 0 aromatic heterocycles. The van der Waals surface area contributed by atoms with Crippen molar-refractivity contribution in [2.75, 3.05) is 0 Å². The zero-order valence-electron chi connectivity index (χ0n) is 2.02. The Bertz CT molecular complexity index is 29.0. The first-order valence-electron chi connectivity index (χ1n) is 0.762. The van der Waals surface area contributed by atoms with Crippen LogP contribution in [0.1, 0.15) is 0 Å². The summed E-state index contributed by atoms with van der Waals surface area (Å²) in [6.07, 6.45) is 0. The first kappa shape index (κ1) is 4.21. The average molecular weight is 136 g/mol. The van der Waals surface area contributed by atoms with Crippen molar-refractivity contribution in [1.29, 1.82) is 5.41 Å². The molecule has 0 rings (SSSR count). The Hall–Kier alpha value is 0.210. The number of hydrogen-bond acceptors (Lipinski definition) is 1. The van der Waals surface area contributed by atoms with E-state index in [2.05, 4.69) is 0 Å². The van der Waals surface area contributed by atoms with E-state index in [0.29, 0.717) is 0 Å². The standard InChI is InChI=1S/CH3N2.Nb/c2-1-3;/h(H3,2,3);. The second-order valence-electron chi connectivity index (χ2n) is 0.385. The van der Waals surface area contributed by atoms with Crippen LogP contribution in [0.5, 0.6) is 0 Å². The molecule has 4 heavy (non-hydrogen) atoms. The molecule has 0 unspecified atom stereocenters. The molecule has 22 valence electrons. The zero-order chi connectivity index (χ0) is 3.58. The molecule has 3 N–H and O–H groups in total. The summed E-state index contributed by atoms with van der Waals surface area (Å²) >= 11 is 1.23. The van der Waals surface area contributed by atoms with Gasteiger partial charge in [-0.05, 0) is 0 Å². The Morgan fingerprint density at radius 2 is 2.00 bits per heavy atom. The number of hydrogen-bond donors (Lipinski definition) is 2. The van der Waals surface area contributed by atoms with Gasteiger partial charge in [-0.15, -0.1) is 0 Å². The summed E-state index contributed by atoms with van der Waals surface area (Å²) in [6, 6.07) is 0. The van der Waals surface area contributed by atoms with Gasteiger partial charge in [-0.2, -0.15) is 0 Å². The van der Waals surface area contributed by atoms with Crippen molar-refractivity contribution >= 4 is 4.05 Å². The maximum absolute atomic E-state index is 6.30. The van der Waals surface area contributed by atoms with E-state index in [1.165, 1.54) is 21.1 Å². The van der Waals surface area contributed by atoms with Crippen molar-refractivity contribution in [2.45, 2.75) is 0 Å². The SMILES string of the molecule is N=[C](N)[Nb]. The summed E-state index contributed by atoms with van der Waals surface area (Å²) in [5.74, 6) is 0. The molecule has 3 heteroatoms. The molecular formula is CH3N2Nb. The molecule has 0 atom stereocenters. The van der Waals surface area contributed by atoms with Crippen LogP contribution in [-0.4, -0.2) is 4.05 Å². The Morgan fingerprint density at radius 1 is 2.00 bits per heavy atom. The van der Waals surface area contributed by atoms with Crippen LogP contribution in [0.25, 0.3) is 0 Å². The molecule has 0 heterocycles. The maximum atomic E-state index is 6.30. The van der Waals surface area contributed by atoms with Crippen LogP contribution in [0.2, 0.25) is 0 Å². The second kappa shape index (κ2) is 1.52. The summed E-state index contributed by atoms with van der Waals surface area (Å²) in [5, 5.41) is 6.30. The van der Waals surface area contributed by atoms with Crippen LogP contribution >= 0.6 is 0 Å². The van der Waals surface area contributed by atoms with E-state index < -0.39 is 0 Å². The van der Waals surface area contributed by atoms with Gasteiger partial charge < -0.3 is 0 Å². The summed E-state index contributed by atoms with van der Waals surface area (Å²) in [6.45, 7) is 0. The van der Waals surface area contributed by atoms with E-state index in [9.17, 15) is 0 Å². The van der Waals surface area contributed by atoms with Crippen molar-refractivity contribution < 1.29 is 21.1 Å². The fraction of sp³-hybridized carbons (Fsp3) is 0. The molecule has 0 bridgehead atoms. The minimum atomic E-state index is 0.217. The molecule has 0 radical (unpaired) electrons. The van der Waals surface area contributed by atoms with Crippen molar-refractivity contribution in [3.05, 3.63) is 0 Å². The van der Waals surface area contributed by atoms with Crippen LogP contribution < -0.4 is 5.73 Å². The van der Waals surface area contributed by atoms with Gasteiger partial charge in [0.05, 0.1) is 0 Å². The molecule has 0 amide bonds. The number of nitrogens with one attached hydrogen (secondary N) is 1.